The Kier molecular flexibility index (Phi) is 8.76. The monoisotopic (exact) mass is 527 g/mol. The van der Waals surface area contributed by atoms with Gasteiger partial charge in [-0.1, -0.05) is 86.6 Å². The number of carbonyl (C=O) groups excluding carboxylic acids is 2. The number of ether oxygens (including phenoxy) is 1. The fraction of sp³-hybridized carbons (Fsp3) is 0.290. The van der Waals surface area contributed by atoms with E-state index in [9.17, 15) is 14.4 Å². The van der Waals surface area contributed by atoms with Crippen molar-refractivity contribution in [2.75, 3.05) is 0 Å². The first-order chi connectivity index (χ1) is 18.8. The van der Waals surface area contributed by atoms with Crippen LogP contribution in [0.1, 0.15) is 54.6 Å². The molecule has 3 aromatic carbocycles. The van der Waals surface area contributed by atoms with Gasteiger partial charge in [0.1, 0.15) is 12.4 Å². The lowest BCUT2D eigenvalue weighted by molar-refractivity contribution is -0.128. The highest BCUT2D eigenvalue weighted by Crippen LogP contribution is 2.26. The fourth-order valence-corrected chi connectivity index (χ4v) is 4.49. The fourth-order valence-electron chi connectivity index (χ4n) is 4.49. The topological polar surface area (TPSA) is 103 Å². The van der Waals surface area contributed by atoms with Crippen molar-refractivity contribution in [2.45, 2.75) is 52.3 Å². The lowest BCUT2D eigenvalue weighted by Crippen LogP contribution is -2.59. The largest absolute Gasteiger partial charge is 0.488 e. The van der Waals surface area contributed by atoms with Gasteiger partial charge in [-0.05, 0) is 42.5 Å². The second-order valence-electron chi connectivity index (χ2n) is 9.90. The molecule has 1 aromatic heterocycles. The Labute approximate surface area is 227 Å². The molecule has 202 valence electrons. The zero-order valence-corrected chi connectivity index (χ0v) is 22.4. The summed E-state index contributed by atoms with van der Waals surface area (Å²) in [6.45, 7) is 5.41. The van der Waals surface area contributed by atoms with Crippen LogP contribution in [-0.4, -0.2) is 21.5 Å². The lowest BCUT2D eigenvalue weighted by atomic mass is 9.93. The number of ketones is 1. The van der Waals surface area contributed by atoms with E-state index < -0.39 is 23.1 Å². The maximum absolute atomic E-state index is 13.7. The summed E-state index contributed by atoms with van der Waals surface area (Å²) in [7, 11) is 0. The number of nitrogens with one attached hydrogen (secondary N) is 1. The van der Waals surface area contributed by atoms with Gasteiger partial charge in [-0.2, -0.15) is 4.68 Å². The number of hydrogen-bond acceptors (Lipinski definition) is 6. The average Bonchev–Trinajstić information content (AvgIpc) is 3.32. The third-order valence-electron chi connectivity index (χ3n) is 6.40. The Morgan fingerprint density at radius 2 is 1.54 bits per heavy atom. The molecule has 0 bridgehead atoms. The number of hydrogen-bond donors (Lipinski definition) is 1. The van der Waals surface area contributed by atoms with Crippen LogP contribution in [0.4, 0.5) is 0 Å². The minimum Gasteiger partial charge on any atom is -0.488 e. The van der Waals surface area contributed by atoms with Gasteiger partial charge >= 0.3 is 5.76 Å². The Morgan fingerprint density at radius 1 is 0.923 bits per heavy atom. The summed E-state index contributed by atoms with van der Waals surface area (Å²) < 4.78 is 12.4. The van der Waals surface area contributed by atoms with Crippen LogP contribution in [-0.2, 0) is 29.9 Å². The van der Waals surface area contributed by atoms with E-state index in [2.05, 4.69) is 10.4 Å². The molecule has 1 N–H and O–H groups in total. The number of aryl methyl sites for hydroxylation is 2. The molecule has 39 heavy (non-hydrogen) atoms. The molecule has 0 aliphatic carbocycles. The normalized spacial score (nSPS) is 12.6. The Balaban J connectivity index is 1.63. The molecule has 0 spiro atoms. The van der Waals surface area contributed by atoms with Crippen LogP contribution in [0.2, 0.25) is 0 Å². The van der Waals surface area contributed by atoms with Crippen molar-refractivity contribution in [3.05, 3.63) is 118 Å². The summed E-state index contributed by atoms with van der Waals surface area (Å²) in [5.74, 6) is -1.30. The van der Waals surface area contributed by atoms with Gasteiger partial charge in [-0.25, -0.2) is 4.79 Å². The molecule has 0 fully saturated rings. The quantitative estimate of drug-likeness (QED) is 0.281. The van der Waals surface area contributed by atoms with E-state index in [4.69, 9.17) is 9.15 Å². The molecule has 8 heteroatoms. The zero-order valence-electron chi connectivity index (χ0n) is 22.4. The molecule has 1 unspecified atom stereocenters. The molecular formula is C31H33N3O5. The standard InChI is InChI=1S/C31H33N3O5/c1-22(2)20-31(23(3)35,34-30(37)39-28(33-34)19-18-24-12-6-4-7-13-24)32-29(36)26-16-10-11-17-27(26)38-21-25-14-8-5-9-15-25/h4-17,22H,18-21H2,1-3H3,(H,32,36). The number of aromatic nitrogens is 2. The molecule has 4 rings (SSSR count). The van der Waals surface area contributed by atoms with Crippen LogP contribution in [0.5, 0.6) is 5.75 Å². The summed E-state index contributed by atoms with van der Waals surface area (Å²) in [6.07, 6.45) is 1.12. The molecule has 0 aliphatic heterocycles. The molecule has 8 nitrogen and oxygen atoms in total. The Morgan fingerprint density at radius 3 is 2.18 bits per heavy atom. The molecule has 1 amide bonds. The molecule has 0 saturated heterocycles. The van der Waals surface area contributed by atoms with E-state index in [1.54, 1.807) is 24.3 Å². The molecule has 0 saturated carbocycles. The lowest BCUT2D eigenvalue weighted by Gasteiger charge is -2.33. The molecule has 4 aromatic rings. The van der Waals surface area contributed by atoms with Crippen molar-refractivity contribution in [3.8, 4) is 5.75 Å². The van der Waals surface area contributed by atoms with E-state index in [0.29, 0.717) is 18.6 Å². The number of para-hydroxylation sites is 1. The van der Waals surface area contributed by atoms with E-state index in [-0.39, 0.29) is 30.4 Å². The third kappa shape index (κ3) is 6.71. The van der Waals surface area contributed by atoms with Crippen molar-refractivity contribution >= 4 is 11.7 Å². The molecule has 1 atom stereocenters. The van der Waals surface area contributed by atoms with Gasteiger partial charge in [0.05, 0.1) is 5.56 Å². The van der Waals surface area contributed by atoms with E-state index in [0.717, 1.165) is 15.8 Å². The third-order valence-corrected chi connectivity index (χ3v) is 6.40. The minimum atomic E-state index is -1.73. The maximum atomic E-state index is 13.7. The molecule has 1 heterocycles. The summed E-state index contributed by atoms with van der Waals surface area (Å²) >= 11 is 0. The smallest absolute Gasteiger partial charge is 0.439 e. The SMILES string of the molecule is CC(=O)C(CC(C)C)(NC(=O)c1ccccc1OCc1ccccc1)n1nc(CCc2ccccc2)oc1=O. The van der Waals surface area contributed by atoms with Crippen LogP contribution >= 0.6 is 0 Å². The molecule has 0 aliphatic rings. The van der Waals surface area contributed by atoms with E-state index in [1.165, 1.54) is 6.92 Å². The summed E-state index contributed by atoms with van der Waals surface area (Å²) in [6, 6.07) is 26.1. The van der Waals surface area contributed by atoms with Crippen LogP contribution in [0.3, 0.4) is 0 Å². The van der Waals surface area contributed by atoms with Crippen molar-refractivity contribution in [2.24, 2.45) is 5.92 Å². The first-order valence-corrected chi connectivity index (χ1v) is 13.0. The van der Waals surface area contributed by atoms with Gasteiger partial charge in [-0.3, -0.25) is 9.59 Å². The van der Waals surface area contributed by atoms with Crippen molar-refractivity contribution < 1.29 is 18.7 Å². The molecule has 0 radical (unpaired) electrons. The van der Waals surface area contributed by atoms with Crippen LogP contribution < -0.4 is 15.8 Å². The summed E-state index contributed by atoms with van der Waals surface area (Å²) in [5.41, 5.74) is 0.519. The summed E-state index contributed by atoms with van der Waals surface area (Å²) in [4.78, 5) is 39.9. The highest BCUT2D eigenvalue weighted by Gasteiger charge is 2.43. The van der Waals surface area contributed by atoms with Crippen LogP contribution in [0.25, 0.3) is 0 Å². The first kappa shape index (κ1) is 27.6. The van der Waals surface area contributed by atoms with Crippen LogP contribution in [0, 0.1) is 5.92 Å². The van der Waals surface area contributed by atoms with Gasteiger partial charge in [0, 0.05) is 12.8 Å². The predicted molar refractivity (Wildman–Crippen MR) is 147 cm³/mol. The highest BCUT2D eigenvalue weighted by molar-refractivity contribution is 6.00. The predicted octanol–water partition coefficient (Wildman–Crippen LogP) is 4.92. The van der Waals surface area contributed by atoms with Gasteiger partial charge in [0.25, 0.3) is 5.91 Å². The Bertz CT molecular complexity index is 1460. The van der Waals surface area contributed by atoms with Gasteiger partial charge in [0.15, 0.2) is 11.4 Å². The number of carbonyl (C=O) groups is 2. The number of nitrogens with zero attached hydrogens (tertiary/aromatic N) is 2. The van der Waals surface area contributed by atoms with Crippen LogP contribution in [0.15, 0.2) is 94.1 Å². The highest BCUT2D eigenvalue weighted by atomic mass is 16.5. The second kappa shape index (κ2) is 12.4. The number of rotatable bonds is 12. The van der Waals surface area contributed by atoms with Crippen molar-refractivity contribution in [3.63, 3.8) is 0 Å². The Hall–Kier alpha value is -4.46. The van der Waals surface area contributed by atoms with Crippen molar-refractivity contribution in [1.82, 2.24) is 15.1 Å². The number of benzene rings is 3. The number of Topliss-reactive ketones (excluding diaryl/α,β-unsaturated/α-hetero) is 1. The van der Waals surface area contributed by atoms with E-state index >= 15 is 0 Å². The zero-order chi connectivity index (χ0) is 27.8. The maximum Gasteiger partial charge on any atom is 0.439 e. The minimum absolute atomic E-state index is 0.0601. The van der Waals surface area contributed by atoms with Gasteiger partial charge in [0.2, 0.25) is 5.89 Å². The van der Waals surface area contributed by atoms with Gasteiger partial charge in [-0.15, -0.1) is 5.10 Å². The first-order valence-electron chi connectivity index (χ1n) is 13.0. The van der Waals surface area contributed by atoms with Gasteiger partial charge < -0.3 is 14.5 Å². The second-order valence-corrected chi connectivity index (χ2v) is 9.90. The summed E-state index contributed by atoms with van der Waals surface area (Å²) in [5, 5.41) is 7.22. The van der Waals surface area contributed by atoms with E-state index in [1.807, 2.05) is 74.5 Å². The number of amides is 1. The molecular weight excluding hydrogens is 494 g/mol. The van der Waals surface area contributed by atoms with Crippen molar-refractivity contribution in [1.29, 1.82) is 0 Å². The average molecular weight is 528 g/mol.